The summed E-state index contributed by atoms with van der Waals surface area (Å²) in [4.78, 5) is 17.8. The van der Waals surface area contributed by atoms with Crippen LogP contribution in [-0.2, 0) is 11.9 Å². The molecule has 10 heteroatoms. The van der Waals surface area contributed by atoms with E-state index in [0.717, 1.165) is 4.90 Å². The van der Waals surface area contributed by atoms with Crippen LogP contribution in [0, 0.1) is 11.6 Å². The molecule has 0 saturated carbocycles. The van der Waals surface area contributed by atoms with Crippen LogP contribution in [0.3, 0.4) is 0 Å². The van der Waals surface area contributed by atoms with E-state index >= 15 is 8.78 Å². The molecule has 1 N–H and O–H groups in total. The fourth-order valence-corrected chi connectivity index (χ4v) is 4.04. The number of pyridine rings is 1. The lowest BCUT2D eigenvalue weighted by Crippen LogP contribution is -2.45. The molecule has 5 rings (SSSR count). The zero-order chi connectivity index (χ0) is 22.6. The van der Waals surface area contributed by atoms with Gasteiger partial charge in [-0.1, -0.05) is 0 Å². The van der Waals surface area contributed by atoms with Gasteiger partial charge in [-0.15, -0.1) is 0 Å². The largest absolute Gasteiger partial charge is 0.494 e. The van der Waals surface area contributed by atoms with Crippen molar-refractivity contribution in [3.63, 3.8) is 0 Å². The molecule has 0 spiro atoms. The normalized spacial score (nSPS) is 14.7. The number of methoxy groups -OCH3 is 1. The lowest BCUT2D eigenvalue weighted by atomic mass is 9.59. The molecule has 1 aliphatic rings. The van der Waals surface area contributed by atoms with Gasteiger partial charge in [0.05, 0.1) is 46.8 Å². The summed E-state index contributed by atoms with van der Waals surface area (Å²) in [6.45, 7) is -0.454. The number of ether oxygens (including phenoxy) is 1. The van der Waals surface area contributed by atoms with Gasteiger partial charge in [-0.2, -0.15) is 5.10 Å². The summed E-state index contributed by atoms with van der Waals surface area (Å²) in [6, 6.07) is 8.87. The standard InChI is InChI=1S/C22H14B2F2N4O2/c1-32-18-5-4-12(14-9-28-29-19(14)18)11-7-16(25)15(17(26)8-11)10-30-21(31)13-3-2-6-27-20(13)22(30,23)24/h2-9H,10H2,1H3,(H,28,29). The number of carbonyl (C=O) groups is 1. The van der Waals surface area contributed by atoms with Crippen molar-refractivity contribution in [1.29, 1.82) is 0 Å². The lowest BCUT2D eigenvalue weighted by molar-refractivity contribution is 0.0727. The maximum atomic E-state index is 15.1. The number of amides is 1. The second kappa shape index (κ2) is 7.19. The minimum Gasteiger partial charge on any atom is -0.494 e. The second-order valence-corrected chi connectivity index (χ2v) is 7.51. The third kappa shape index (κ3) is 2.90. The predicted molar refractivity (Wildman–Crippen MR) is 115 cm³/mol. The number of hydrogen-bond donors (Lipinski definition) is 1. The molecule has 1 amide bonds. The molecule has 0 atom stereocenters. The fourth-order valence-electron chi connectivity index (χ4n) is 4.04. The molecule has 0 bridgehead atoms. The van der Waals surface area contributed by atoms with Crippen molar-refractivity contribution in [1.82, 2.24) is 20.1 Å². The maximum absolute atomic E-state index is 15.1. The van der Waals surface area contributed by atoms with E-state index in [1.807, 2.05) is 0 Å². The molecule has 0 fully saturated rings. The second-order valence-electron chi connectivity index (χ2n) is 7.51. The van der Waals surface area contributed by atoms with E-state index in [4.69, 9.17) is 20.4 Å². The number of benzene rings is 2. The predicted octanol–water partition coefficient (Wildman–Crippen LogP) is 3.02. The smallest absolute Gasteiger partial charge is 0.255 e. The summed E-state index contributed by atoms with van der Waals surface area (Å²) in [6.07, 6.45) is 3.01. The average molecular weight is 426 g/mol. The summed E-state index contributed by atoms with van der Waals surface area (Å²) < 4.78 is 35.5. The Morgan fingerprint density at radius 3 is 2.59 bits per heavy atom. The van der Waals surface area contributed by atoms with Gasteiger partial charge in [0.2, 0.25) is 0 Å². The molecular weight excluding hydrogens is 412 g/mol. The van der Waals surface area contributed by atoms with Crippen molar-refractivity contribution in [2.24, 2.45) is 0 Å². The van der Waals surface area contributed by atoms with Crippen LogP contribution in [0.25, 0.3) is 22.0 Å². The van der Waals surface area contributed by atoms with E-state index in [9.17, 15) is 4.79 Å². The van der Waals surface area contributed by atoms with E-state index in [0.29, 0.717) is 27.8 Å². The fraction of sp³-hybridized carbons (Fsp3) is 0.136. The van der Waals surface area contributed by atoms with E-state index in [2.05, 4.69) is 15.2 Å². The number of aromatic nitrogens is 3. The number of nitrogens with zero attached hydrogens (tertiary/aromatic N) is 3. The van der Waals surface area contributed by atoms with Gasteiger partial charge in [-0.05, 0) is 47.5 Å². The SMILES string of the molecule is [B]C1([B])c2ncccc2C(=O)N1Cc1c(F)cc(-c2ccc(OC)c3[nH]ncc23)cc1F. The zero-order valence-electron chi connectivity index (χ0n) is 16.9. The number of fused-ring (bicyclic) bond motifs is 2. The topological polar surface area (TPSA) is 71.1 Å². The van der Waals surface area contributed by atoms with E-state index in [1.165, 1.54) is 31.5 Å². The van der Waals surface area contributed by atoms with Crippen molar-refractivity contribution in [3.8, 4) is 16.9 Å². The molecule has 4 radical (unpaired) electrons. The monoisotopic (exact) mass is 426 g/mol. The summed E-state index contributed by atoms with van der Waals surface area (Å²) >= 11 is 0. The summed E-state index contributed by atoms with van der Waals surface area (Å²) in [5.74, 6) is -1.65. The maximum Gasteiger partial charge on any atom is 0.255 e. The molecule has 1 aliphatic heterocycles. The highest BCUT2D eigenvalue weighted by Gasteiger charge is 2.43. The van der Waals surface area contributed by atoms with Crippen molar-refractivity contribution >= 4 is 32.5 Å². The molecule has 2 aromatic carbocycles. The van der Waals surface area contributed by atoms with Crippen LogP contribution in [0.4, 0.5) is 8.78 Å². The zero-order valence-corrected chi connectivity index (χ0v) is 16.9. The van der Waals surface area contributed by atoms with Crippen molar-refractivity contribution in [2.45, 2.75) is 11.9 Å². The van der Waals surface area contributed by atoms with Crippen molar-refractivity contribution < 1.29 is 18.3 Å². The van der Waals surface area contributed by atoms with Crippen molar-refractivity contribution in [2.75, 3.05) is 7.11 Å². The van der Waals surface area contributed by atoms with Gasteiger partial charge in [0, 0.05) is 22.5 Å². The van der Waals surface area contributed by atoms with E-state index in [-0.39, 0.29) is 16.8 Å². The first-order chi connectivity index (χ1) is 15.3. The molecule has 6 nitrogen and oxygen atoms in total. The first-order valence-corrected chi connectivity index (χ1v) is 9.66. The average Bonchev–Trinajstić information content (AvgIpc) is 3.33. The molecule has 154 valence electrons. The van der Waals surface area contributed by atoms with E-state index < -0.39 is 29.4 Å². The molecule has 0 saturated heterocycles. The quantitative estimate of drug-likeness (QED) is 0.510. The number of H-pyrrole nitrogens is 1. The molecule has 4 aromatic rings. The Bertz CT molecular complexity index is 1370. The van der Waals surface area contributed by atoms with E-state index in [1.54, 1.807) is 24.4 Å². The Balaban J connectivity index is 1.54. The highest BCUT2D eigenvalue weighted by molar-refractivity contribution is 6.42. The number of hydrogen-bond acceptors (Lipinski definition) is 4. The number of aromatic amines is 1. The third-order valence-electron chi connectivity index (χ3n) is 5.67. The summed E-state index contributed by atoms with van der Waals surface area (Å²) in [5.41, 5.74) is 1.52. The van der Waals surface area contributed by atoms with Crippen LogP contribution < -0.4 is 4.74 Å². The van der Waals surface area contributed by atoms with Crippen LogP contribution >= 0.6 is 0 Å². The van der Waals surface area contributed by atoms with Crippen LogP contribution in [0.5, 0.6) is 5.75 Å². The van der Waals surface area contributed by atoms with Gasteiger partial charge in [-0.25, -0.2) is 8.78 Å². The highest BCUT2D eigenvalue weighted by Crippen LogP contribution is 2.37. The van der Waals surface area contributed by atoms with Gasteiger partial charge in [0.1, 0.15) is 22.9 Å². The Morgan fingerprint density at radius 1 is 1.16 bits per heavy atom. The Kier molecular flexibility index (Phi) is 4.54. The van der Waals surface area contributed by atoms with Gasteiger partial charge in [0.15, 0.2) is 0 Å². The van der Waals surface area contributed by atoms with Crippen molar-refractivity contribution in [3.05, 3.63) is 77.2 Å². The molecule has 0 aliphatic carbocycles. The number of carbonyl (C=O) groups excluding carboxylic acids is 1. The number of nitrogens with one attached hydrogen (secondary N) is 1. The number of rotatable bonds is 4. The third-order valence-corrected chi connectivity index (χ3v) is 5.67. The summed E-state index contributed by atoms with van der Waals surface area (Å²) in [7, 11) is 13.8. The first kappa shape index (κ1) is 20.2. The molecular formula is C22H14B2F2N4O2. The van der Waals surface area contributed by atoms with Crippen LogP contribution in [0.2, 0.25) is 0 Å². The Morgan fingerprint density at radius 2 is 1.91 bits per heavy atom. The highest BCUT2D eigenvalue weighted by atomic mass is 19.1. The Labute approximate surface area is 184 Å². The van der Waals surface area contributed by atoms with Crippen LogP contribution in [-0.4, -0.2) is 48.8 Å². The number of halogens is 2. The van der Waals surface area contributed by atoms with Gasteiger partial charge in [-0.3, -0.25) is 14.9 Å². The molecule has 0 unspecified atom stereocenters. The lowest BCUT2D eigenvalue weighted by Gasteiger charge is -2.33. The molecule has 2 aromatic heterocycles. The first-order valence-electron chi connectivity index (χ1n) is 9.66. The van der Waals surface area contributed by atoms with Gasteiger partial charge >= 0.3 is 0 Å². The van der Waals surface area contributed by atoms with Gasteiger partial charge < -0.3 is 9.64 Å². The van der Waals surface area contributed by atoms with Crippen LogP contribution in [0.1, 0.15) is 21.6 Å². The van der Waals surface area contributed by atoms with Crippen LogP contribution in [0.15, 0.2) is 48.8 Å². The molecule has 32 heavy (non-hydrogen) atoms. The molecule has 3 heterocycles. The Hall–Kier alpha value is -3.68. The minimum absolute atomic E-state index is 0.156. The van der Waals surface area contributed by atoms with Gasteiger partial charge in [0.25, 0.3) is 5.91 Å². The minimum atomic E-state index is -1.79. The summed E-state index contributed by atoms with van der Waals surface area (Å²) in [5, 5.41) is 5.68.